The third-order valence-corrected chi connectivity index (χ3v) is 7.92. The van der Waals surface area contributed by atoms with Gasteiger partial charge in [0, 0.05) is 0 Å². The number of hydrogen-bond acceptors (Lipinski definition) is 4. The Labute approximate surface area is 237 Å². The van der Waals surface area contributed by atoms with Crippen LogP contribution in [-0.4, -0.2) is 46.1 Å². The van der Waals surface area contributed by atoms with Crippen LogP contribution in [0.4, 0.5) is 0 Å². The molecule has 1 amide bonds. The molecule has 0 fully saturated rings. The molecule has 5 heteroatoms. The molecule has 0 heterocycles. The molecule has 0 aliphatic heterocycles. The lowest BCUT2D eigenvalue weighted by atomic mass is 10.0. The lowest BCUT2D eigenvalue weighted by Crippen LogP contribution is -2.46. The number of aliphatic hydroxyl groups excluding tert-OH is 3. The molecule has 228 valence electrons. The maximum absolute atomic E-state index is 12.3. The molecule has 0 aliphatic carbocycles. The fourth-order valence-corrected chi connectivity index (χ4v) is 5.29. The van der Waals surface area contributed by atoms with Crippen molar-refractivity contribution in [3.8, 4) is 0 Å². The average Bonchev–Trinajstić information content (AvgIpc) is 2.90. The van der Waals surface area contributed by atoms with E-state index in [4.69, 9.17) is 0 Å². The molecule has 3 atom stereocenters. The quantitative estimate of drug-likeness (QED) is 0.0688. The number of amides is 1. The highest BCUT2D eigenvalue weighted by Crippen LogP contribution is 2.15. The summed E-state index contributed by atoms with van der Waals surface area (Å²) >= 11 is 0. The van der Waals surface area contributed by atoms with Gasteiger partial charge in [-0.15, -0.1) is 0 Å². The third-order valence-electron chi connectivity index (χ3n) is 7.92. The van der Waals surface area contributed by atoms with Crippen LogP contribution in [0.25, 0.3) is 0 Å². The van der Waals surface area contributed by atoms with Gasteiger partial charge in [0.1, 0.15) is 0 Å². The smallest absolute Gasteiger partial charge is 0.222 e. The average molecular weight is 542 g/mol. The number of nitrogens with one attached hydrogen (secondary N) is 1. The van der Waals surface area contributed by atoms with Gasteiger partial charge >= 0.3 is 0 Å². The summed E-state index contributed by atoms with van der Waals surface area (Å²) in [4.78, 5) is 12.3. The van der Waals surface area contributed by atoms with Crippen LogP contribution in [-0.2, 0) is 4.79 Å². The molecule has 0 aromatic carbocycles. The molecule has 3 unspecified atom stereocenters. The van der Waals surface area contributed by atoms with Crippen molar-refractivity contribution in [3.63, 3.8) is 0 Å². The third kappa shape index (κ3) is 25.6. The normalized spacial score (nSPS) is 13.9. The van der Waals surface area contributed by atoms with Crippen LogP contribution in [0.3, 0.4) is 0 Å². The second-order valence-electron chi connectivity index (χ2n) is 11.8. The summed E-state index contributed by atoms with van der Waals surface area (Å²) in [5.41, 5.74) is 0. The molecule has 0 rings (SSSR count). The standard InChI is InChI=1S/C33H67NO4/c1-3-5-7-9-11-12-13-14-15-16-17-18-19-21-23-25-27-32(37)31(29-35)34-33(38)28-30(36)26-24-22-20-10-8-6-4-2/h30-32,35-37H,3-29H2,1-2H3,(H,34,38). The van der Waals surface area contributed by atoms with Crippen molar-refractivity contribution in [2.45, 2.75) is 199 Å². The summed E-state index contributed by atoms with van der Waals surface area (Å²) in [7, 11) is 0. The number of hydrogen-bond donors (Lipinski definition) is 4. The Balaban J connectivity index is 3.64. The molecular formula is C33H67NO4. The van der Waals surface area contributed by atoms with E-state index in [9.17, 15) is 20.1 Å². The molecule has 0 aromatic heterocycles. The molecular weight excluding hydrogens is 474 g/mol. The number of carbonyl (C=O) groups is 1. The minimum Gasteiger partial charge on any atom is -0.394 e. The molecule has 0 saturated heterocycles. The Bertz CT molecular complexity index is 488. The first-order chi connectivity index (χ1) is 18.5. The largest absolute Gasteiger partial charge is 0.394 e. The number of aliphatic hydroxyl groups is 3. The highest BCUT2D eigenvalue weighted by molar-refractivity contribution is 5.76. The summed E-state index contributed by atoms with van der Waals surface area (Å²) in [6, 6.07) is -0.649. The van der Waals surface area contributed by atoms with Crippen LogP contribution in [0.15, 0.2) is 0 Å². The first kappa shape index (κ1) is 37.4. The zero-order valence-corrected chi connectivity index (χ0v) is 25.6. The second kappa shape index (κ2) is 29.3. The van der Waals surface area contributed by atoms with E-state index in [1.54, 1.807) is 0 Å². The molecule has 38 heavy (non-hydrogen) atoms. The van der Waals surface area contributed by atoms with E-state index in [-0.39, 0.29) is 18.9 Å². The molecule has 0 radical (unpaired) electrons. The van der Waals surface area contributed by atoms with Crippen LogP contribution in [0.5, 0.6) is 0 Å². The van der Waals surface area contributed by atoms with Gasteiger partial charge in [0.2, 0.25) is 5.91 Å². The first-order valence-corrected chi connectivity index (χ1v) is 16.8. The zero-order chi connectivity index (χ0) is 28.1. The van der Waals surface area contributed by atoms with Crippen molar-refractivity contribution in [1.82, 2.24) is 5.32 Å². The Morgan fingerprint density at radius 2 is 0.895 bits per heavy atom. The molecule has 5 nitrogen and oxygen atoms in total. The van der Waals surface area contributed by atoms with Gasteiger partial charge in [-0.05, 0) is 12.8 Å². The van der Waals surface area contributed by atoms with E-state index in [1.165, 1.54) is 122 Å². The molecule has 0 saturated carbocycles. The van der Waals surface area contributed by atoms with Gasteiger partial charge in [-0.25, -0.2) is 0 Å². The highest BCUT2D eigenvalue weighted by Gasteiger charge is 2.21. The molecule has 0 bridgehead atoms. The maximum Gasteiger partial charge on any atom is 0.222 e. The van der Waals surface area contributed by atoms with Crippen LogP contribution in [0.2, 0.25) is 0 Å². The fourth-order valence-electron chi connectivity index (χ4n) is 5.29. The number of carbonyl (C=O) groups excluding carboxylic acids is 1. The topological polar surface area (TPSA) is 89.8 Å². The van der Waals surface area contributed by atoms with E-state index >= 15 is 0 Å². The van der Waals surface area contributed by atoms with Crippen molar-refractivity contribution in [1.29, 1.82) is 0 Å². The van der Waals surface area contributed by atoms with E-state index in [2.05, 4.69) is 19.2 Å². The minimum atomic E-state index is -0.740. The van der Waals surface area contributed by atoms with Crippen LogP contribution in [0.1, 0.15) is 181 Å². The van der Waals surface area contributed by atoms with E-state index < -0.39 is 18.2 Å². The van der Waals surface area contributed by atoms with Crippen molar-refractivity contribution in [3.05, 3.63) is 0 Å². The summed E-state index contributed by atoms with van der Waals surface area (Å²) < 4.78 is 0. The maximum atomic E-state index is 12.3. The summed E-state index contributed by atoms with van der Waals surface area (Å²) in [6.45, 7) is 4.21. The zero-order valence-electron chi connectivity index (χ0n) is 25.6. The molecule has 4 N–H and O–H groups in total. The van der Waals surface area contributed by atoms with Gasteiger partial charge in [-0.1, -0.05) is 162 Å². The van der Waals surface area contributed by atoms with Crippen molar-refractivity contribution in [2.24, 2.45) is 0 Å². The monoisotopic (exact) mass is 542 g/mol. The van der Waals surface area contributed by atoms with Crippen molar-refractivity contribution < 1.29 is 20.1 Å². The first-order valence-electron chi connectivity index (χ1n) is 16.8. The SMILES string of the molecule is CCCCCCCCCCCCCCCCCCC(O)C(CO)NC(=O)CC(O)CCCCCCCCC. The molecule has 0 aliphatic rings. The Kier molecular flexibility index (Phi) is 28.8. The predicted octanol–water partition coefficient (Wildman–Crippen LogP) is 8.37. The summed E-state index contributed by atoms with van der Waals surface area (Å²) in [5.74, 6) is -0.287. The fraction of sp³-hybridized carbons (Fsp3) is 0.970. The van der Waals surface area contributed by atoms with Gasteiger partial charge in [0.25, 0.3) is 0 Å². The van der Waals surface area contributed by atoms with E-state index in [1.807, 2.05) is 0 Å². The lowest BCUT2D eigenvalue weighted by Gasteiger charge is -2.23. The predicted molar refractivity (Wildman–Crippen MR) is 162 cm³/mol. The van der Waals surface area contributed by atoms with Crippen LogP contribution < -0.4 is 5.32 Å². The van der Waals surface area contributed by atoms with E-state index in [0.717, 1.165) is 25.7 Å². The number of unbranched alkanes of at least 4 members (excludes halogenated alkanes) is 21. The summed E-state index contributed by atoms with van der Waals surface area (Å²) in [5, 5.41) is 33.0. The Hall–Kier alpha value is -0.650. The lowest BCUT2D eigenvalue weighted by molar-refractivity contribution is -0.125. The Morgan fingerprint density at radius 3 is 1.26 bits per heavy atom. The van der Waals surface area contributed by atoms with Gasteiger partial charge in [0.05, 0.1) is 31.3 Å². The van der Waals surface area contributed by atoms with Crippen molar-refractivity contribution in [2.75, 3.05) is 6.61 Å². The summed E-state index contributed by atoms with van der Waals surface area (Å²) in [6.07, 6.45) is 29.2. The Morgan fingerprint density at radius 1 is 0.553 bits per heavy atom. The van der Waals surface area contributed by atoms with Gasteiger partial charge in [-0.3, -0.25) is 4.79 Å². The van der Waals surface area contributed by atoms with Crippen molar-refractivity contribution >= 4 is 5.91 Å². The van der Waals surface area contributed by atoms with Crippen LogP contribution >= 0.6 is 0 Å². The van der Waals surface area contributed by atoms with Gasteiger partial charge in [0.15, 0.2) is 0 Å². The van der Waals surface area contributed by atoms with Crippen LogP contribution in [0, 0.1) is 0 Å². The molecule has 0 spiro atoms. The minimum absolute atomic E-state index is 0.0398. The number of rotatable bonds is 30. The van der Waals surface area contributed by atoms with Gasteiger partial charge in [-0.2, -0.15) is 0 Å². The molecule has 0 aromatic rings. The second-order valence-corrected chi connectivity index (χ2v) is 11.8. The van der Waals surface area contributed by atoms with Gasteiger partial charge < -0.3 is 20.6 Å². The highest BCUT2D eigenvalue weighted by atomic mass is 16.3. The van der Waals surface area contributed by atoms with E-state index in [0.29, 0.717) is 12.8 Å².